The number of aromatic nitrogens is 3. The van der Waals surface area contributed by atoms with Crippen LogP contribution in [-0.2, 0) is 0 Å². The van der Waals surface area contributed by atoms with Crippen LogP contribution in [0.25, 0.3) is 16.2 Å². The Balaban J connectivity index is 1.59. The van der Waals surface area contributed by atoms with Gasteiger partial charge in [-0.25, -0.2) is 4.52 Å². The van der Waals surface area contributed by atoms with Crippen LogP contribution in [0.3, 0.4) is 0 Å². The van der Waals surface area contributed by atoms with Crippen molar-refractivity contribution < 1.29 is 14.3 Å². The number of hydrogen-bond donors (Lipinski definition) is 1. The van der Waals surface area contributed by atoms with Gasteiger partial charge in [0.2, 0.25) is 4.96 Å². The minimum Gasteiger partial charge on any atom is -0.496 e. The number of carbonyl (C=O) groups is 1. The molecule has 0 spiro atoms. The Morgan fingerprint density at radius 2 is 1.96 bits per heavy atom. The number of methoxy groups -OCH3 is 1. The molecule has 0 atom stereocenters. The Labute approximate surface area is 165 Å². The molecular weight excluding hydrogens is 376 g/mol. The molecule has 4 rings (SSSR count). The molecule has 8 heteroatoms. The molecule has 0 radical (unpaired) electrons. The molecule has 2 aromatic carbocycles. The smallest absolute Gasteiger partial charge is 0.258 e. The van der Waals surface area contributed by atoms with Gasteiger partial charge in [0.15, 0.2) is 0 Å². The SMILES string of the molecule is CCOc1ccc(C(=O)Nc2nc3scc(-c4ccccc4OC)n3n2)cc1. The second kappa shape index (κ2) is 7.69. The lowest BCUT2D eigenvalue weighted by atomic mass is 10.1. The van der Waals surface area contributed by atoms with Crippen molar-refractivity contribution >= 4 is 28.2 Å². The van der Waals surface area contributed by atoms with E-state index in [1.807, 2.05) is 36.6 Å². The van der Waals surface area contributed by atoms with Gasteiger partial charge in [-0.3, -0.25) is 10.1 Å². The maximum Gasteiger partial charge on any atom is 0.258 e. The summed E-state index contributed by atoms with van der Waals surface area (Å²) in [5.74, 6) is 1.45. The van der Waals surface area contributed by atoms with Crippen LogP contribution >= 0.6 is 11.3 Å². The van der Waals surface area contributed by atoms with Crippen LogP contribution in [0.4, 0.5) is 5.95 Å². The van der Waals surface area contributed by atoms with Crippen molar-refractivity contribution in [1.82, 2.24) is 14.6 Å². The molecule has 7 nitrogen and oxygen atoms in total. The maximum absolute atomic E-state index is 12.5. The molecule has 142 valence electrons. The fraction of sp³-hybridized carbons (Fsp3) is 0.150. The minimum absolute atomic E-state index is 0.252. The molecule has 0 aliphatic heterocycles. The molecule has 2 aromatic heterocycles. The van der Waals surface area contributed by atoms with E-state index < -0.39 is 0 Å². The quantitative estimate of drug-likeness (QED) is 0.532. The first-order chi connectivity index (χ1) is 13.7. The normalized spacial score (nSPS) is 10.8. The average molecular weight is 394 g/mol. The van der Waals surface area contributed by atoms with Gasteiger partial charge in [0.05, 0.1) is 19.4 Å². The van der Waals surface area contributed by atoms with Crippen LogP contribution in [0, 0.1) is 0 Å². The van der Waals surface area contributed by atoms with Crippen LogP contribution in [0.5, 0.6) is 11.5 Å². The van der Waals surface area contributed by atoms with Gasteiger partial charge >= 0.3 is 0 Å². The van der Waals surface area contributed by atoms with Crippen molar-refractivity contribution in [1.29, 1.82) is 0 Å². The number of nitrogens with zero attached hydrogens (tertiary/aromatic N) is 3. The van der Waals surface area contributed by atoms with E-state index in [9.17, 15) is 4.79 Å². The molecule has 0 fully saturated rings. The molecule has 28 heavy (non-hydrogen) atoms. The molecule has 0 unspecified atom stereocenters. The summed E-state index contributed by atoms with van der Waals surface area (Å²) in [5, 5.41) is 9.15. The van der Waals surface area contributed by atoms with E-state index in [0.29, 0.717) is 17.1 Å². The molecule has 1 amide bonds. The predicted octanol–water partition coefficient (Wildman–Crippen LogP) is 4.12. The number of benzene rings is 2. The van der Waals surface area contributed by atoms with E-state index in [4.69, 9.17) is 9.47 Å². The Kier molecular flexibility index (Phi) is 4.94. The number of anilines is 1. The molecule has 0 saturated carbocycles. The zero-order valence-corrected chi connectivity index (χ0v) is 16.2. The Morgan fingerprint density at radius 1 is 1.18 bits per heavy atom. The third kappa shape index (κ3) is 3.41. The van der Waals surface area contributed by atoms with E-state index >= 15 is 0 Å². The lowest BCUT2D eigenvalue weighted by molar-refractivity contribution is 0.102. The van der Waals surface area contributed by atoms with Gasteiger partial charge in [-0.05, 0) is 43.3 Å². The third-order valence-electron chi connectivity index (χ3n) is 4.12. The van der Waals surface area contributed by atoms with Crippen molar-refractivity contribution in [2.75, 3.05) is 19.0 Å². The summed E-state index contributed by atoms with van der Waals surface area (Å²) in [7, 11) is 1.63. The number of rotatable bonds is 6. The van der Waals surface area contributed by atoms with Gasteiger partial charge < -0.3 is 9.47 Å². The summed E-state index contributed by atoms with van der Waals surface area (Å²) in [4.78, 5) is 17.6. The van der Waals surface area contributed by atoms with E-state index in [-0.39, 0.29) is 11.9 Å². The van der Waals surface area contributed by atoms with Gasteiger partial charge in [-0.2, -0.15) is 4.98 Å². The van der Waals surface area contributed by atoms with Crippen LogP contribution in [0.15, 0.2) is 53.9 Å². The first kappa shape index (κ1) is 18.0. The lowest BCUT2D eigenvalue weighted by Crippen LogP contribution is -2.13. The number of carbonyl (C=O) groups excluding carboxylic acids is 1. The van der Waals surface area contributed by atoms with Crippen LogP contribution in [-0.4, -0.2) is 34.2 Å². The van der Waals surface area contributed by atoms with Crippen LogP contribution < -0.4 is 14.8 Å². The second-order valence-electron chi connectivity index (χ2n) is 5.86. The van der Waals surface area contributed by atoms with Gasteiger partial charge in [0.25, 0.3) is 11.9 Å². The Bertz CT molecular complexity index is 1120. The molecule has 0 aliphatic rings. The number of fused-ring (bicyclic) bond motifs is 1. The zero-order chi connectivity index (χ0) is 19.5. The topological polar surface area (TPSA) is 77.8 Å². The van der Waals surface area contributed by atoms with E-state index in [2.05, 4.69) is 15.4 Å². The second-order valence-corrected chi connectivity index (χ2v) is 6.70. The number of ether oxygens (including phenoxy) is 2. The van der Waals surface area contributed by atoms with Crippen molar-refractivity contribution in [3.8, 4) is 22.8 Å². The molecular formula is C20H18N4O3S. The summed E-state index contributed by atoms with van der Waals surface area (Å²) in [6.07, 6.45) is 0. The first-order valence-corrected chi connectivity index (χ1v) is 9.59. The number of amides is 1. The lowest BCUT2D eigenvalue weighted by Gasteiger charge is -2.06. The van der Waals surface area contributed by atoms with Crippen molar-refractivity contribution in [3.05, 3.63) is 59.5 Å². The van der Waals surface area contributed by atoms with Crippen molar-refractivity contribution in [3.63, 3.8) is 0 Å². The summed E-state index contributed by atoms with van der Waals surface area (Å²) >= 11 is 1.45. The monoisotopic (exact) mass is 394 g/mol. The third-order valence-corrected chi connectivity index (χ3v) is 4.93. The van der Waals surface area contributed by atoms with E-state index in [1.54, 1.807) is 35.9 Å². The van der Waals surface area contributed by atoms with Gasteiger partial charge in [-0.15, -0.1) is 16.4 Å². The van der Waals surface area contributed by atoms with Gasteiger partial charge in [0, 0.05) is 16.5 Å². The van der Waals surface area contributed by atoms with Crippen molar-refractivity contribution in [2.45, 2.75) is 6.92 Å². The highest BCUT2D eigenvalue weighted by atomic mass is 32.1. The average Bonchev–Trinajstić information content (AvgIpc) is 3.29. The van der Waals surface area contributed by atoms with Crippen molar-refractivity contribution in [2.24, 2.45) is 0 Å². The molecule has 0 aliphatic carbocycles. The van der Waals surface area contributed by atoms with Gasteiger partial charge in [0.1, 0.15) is 11.5 Å². The number of nitrogens with one attached hydrogen (secondary N) is 1. The molecule has 2 heterocycles. The Hall–Kier alpha value is -3.39. The van der Waals surface area contributed by atoms with Crippen LogP contribution in [0.1, 0.15) is 17.3 Å². The van der Waals surface area contributed by atoms with E-state index in [1.165, 1.54) is 11.3 Å². The van der Waals surface area contributed by atoms with Crippen LogP contribution in [0.2, 0.25) is 0 Å². The summed E-state index contributed by atoms with van der Waals surface area (Å²) in [6.45, 7) is 2.49. The maximum atomic E-state index is 12.5. The fourth-order valence-electron chi connectivity index (χ4n) is 2.82. The number of para-hydroxylation sites is 1. The zero-order valence-electron chi connectivity index (χ0n) is 15.4. The number of hydrogen-bond acceptors (Lipinski definition) is 6. The van der Waals surface area contributed by atoms with E-state index in [0.717, 1.165) is 22.8 Å². The molecule has 4 aromatic rings. The Morgan fingerprint density at radius 3 is 2.71 bits per heavy atom. The molecule has 0 bridgehead atoms. The summed E-state index contributed by atoms with van der Waals surface area (Å²) in [5.41, 5.74) is 2.27. The highest BCUT2D eigenvalue weighted by molar-refractivity contribution is 7.15. The first-order valence-electron chi connectivity index (χ1n) is 8.71. The minimum atomic E-state index is -0.278. The summed E-state index contributed by atoms with van der Waals surface area (Å²) in [6, 6.07) is 14.6. The highest BCUT2D eigenvalue weighted by Gasteiger charge is 2.16. The highest BCUT2D eigenvalue weighted by Crippen LogP contribution is 2.32. The molecule has 1 N–H and O–H groups in total. The fourth-order valence-corrected chi connectivity index (χ4v) is 3.64. The number of thiazole rings is 1. The largest absolute Gasteiger partial charge is 0.496 e. The van der Waals surface area contributed by atoms with Gasteiger partial charge in [-0.1, -0.05) is 12.1 Å². The standard InChI is InChI=1S/C20H18N4O3S/c1-3-27-14-10-8-13(9-11-14)18(25)21-19-22-20-24(23-19)16(12-28-20)15-6-4-5-7-17(15)26-2/h4-12H,3H2,1-2H3,(H,21,23,25). The summed E-state index contributed by atoms with van der Waals surface area (Å²) < 4.78 is 12.5. The molecule has 0 saturated heterocycles. The predicted molar refractivity (Wildman–Crippen MR) is 108 cm³/mol.